The highest BCUT2D eigenvalue weighted by atomic mass is 127. The number of rotatable bonds is 1. The Balaban J connectivity index is 3.04. The lowest BCUT2D eigenvalue weighted by atomic mass is 10.3. The summed E-state index contributed by atoms with van der Waals surface area (Å²) in [5.74, 6) is 0. The maximum Gasteiger partial charge on any atom is 0.285 e. The molecule has 0 aliphatic carbocycles. The van der Waals surface area contributed by atoms with Gasteiger partial charge < -0.3 is 5.32 Å². The molecule has 0 fully saturated rings. The van der Waals surface area contributed by atoms with E-state index in [0.717, 1.165) is 0 Å². The number of hydrogen-bond donors (Lipinski definition) is 1. The van der Waals surface area contributed by atoms with Crippen molar-refractivity contribution in [3.05, 3.63) is 28.2 Å². The normalized spacial score (nSPS) is 9.58. The fourth-order valence-electron chi connectivity index (χ4n) is 0.716. The van der Waals surface area contributed by atoms with Crippen molar-refractivity contribution < 1.29 is 4.79 Å². The number of carbonyl (C=O) groups is 1. The van der Waals surface area contributed by atoms with Crippen molar-refractivity contribution in [2.75, 3.05) is 5.32 Å². The predicted octanol–water partition coefficient (Wildman–Crippen LogP) is 3.96. The molecular formula is C7H4Cl2INO. The van der Waals surface area contributed by atoms with Gasteiger partial charge in [-0.15, -0.1) is 0 Å². The molecule has 1 aromatic carbocycles. The predicted molar refractivity (Wildman–Crippen MR) is 59.5 cm³/mol. The third-order valence-corrected chi connectivity index (χ3v) is 2.09. The van der Waals surface area contributed by atoms with E-state index in [4.69, 9.17) is 23.2 Å². The highest BCUT2D eigenvalue weighted by molar-refractivity contribution is 14.1. The largest absolute Gasteiger partial charge is 0.315 e. The summed E-state index contributed by atoms with van der Waals surface area (Å²) in [4.78, 5) is 10.7. The van der Waals surface area contributed by atoms with Crippen LogP contribution >= 0.6 is 45.8 Å². The first kappa shape index (κ1) is 10.1. The van der Waals surface area contributed by atoms with E-state index in [0.29, 0.717) is 15.7 Å². The molecule has 0 saturated heterocycles. The molecule has 0 unspecified atom stereocenters. The molecular weight excluding hydrogens is 312 g/mol. The monoisotopic (exact) mass is 315 g/mol. The molecule has 1 N–H and O–H groups in total. The Kier molecular flexibility index (Phi) is 3.61. The van der Waals surface area contributed by atoms with Crippen LogP contribution in [0.2, 0.25) is 10.0 Å². The molecule has 1 aromatic rings. The van der Waals surface area contributed by atoms with Gasteiger partial charge in [0.25, 0.3) is 3.91 Å². The van der Waals surface area contributed by atoms with Crippen LogP contribution in [0.1, 0.15) is 0 Å². The van der Waals surface area contributed by atoms with Gasteiger partial charge in [-0.25, -0.2) is 0 Å². The summed E-state index contributed by atoms with van der Waals surface area (Å²) in [5, 5.41) is 3.40. The van der Waals surface area contributed by atoms with Gasteiger partial charge in [0.15, 0.2) is 0 Å². The number of nitrogens with one attached hydrogen (secondary N) is 1. The van der Waals surface area contributed by atoms with E-state index in [1.165, 1.54) is 0 Å². The molecule has 0 heterocycles. The molecule has 12 heavy (non-hydrogen) atoms. The summed E-state index contributed by atoms with van der Waals surface area (Å²) in [5.41, 5.74) is 0.459. The summed E-state index contributed by atoms with van der Waals surface area (Å²) >= 11 is 13.2. The summed E-state index contributed by atoms with van der Waals surface area (Å²) in [6.07, 6.45) is 0. The lowest BCUT2D eigenvalue weighted by Crippen LogP contribution is -2.01. The second-order valence-corrected chi connectivity index (χ2v) is 3.79. The first-order chi connectivity index (χ1) is 5.61. The molecule has 64 valence electrons. The van der Waals surface area contributed by atoms with E-state index < -0.39 is 0 Å². The van der Waals surface area contributed by atoms with Gasteiger partial charge >= 0.3 is 0 Å². The van der Waals surface area contributed by atoms with E-state index in [1.54, 1.807) is 40.8 Å². The molecule has 0 saturated carbocycles. The Morgan fingerprint density at radius 1 is 1.33 bits per heavy atom. The van der Waals surface area contributed by atoms with Crippen molar-refractivity contribution in [2.45, 2.75) is 0 Å². The van der Waals surface area contributed by atoms with Gasteiger partial charge in [-0.2, -0.15) is 0 Å². The van der Waals surface area contributed by atoms with Gasteiger partial charge in [-0.1, -0.05) is 29.3 Å². The van der Waals surface area contributed by atoms with Crippen LogP contribution in [0.4, 0.5) is 10.5 Å². The quantitative estimate of drug-likeness (QED) is 0.474. The minimum Gasteiger partial charge on any atom is -0.315 e. The minimum absolute atomic E-state index is 0.220. The van der Waals surface area contributed by atoms with Crippen LogP contribution in [0.5, 0.6) is 0 Å². The number of para-hydroxylation sites is 1. The van der Waals surface area contributed by atoms with Crippen LogP contribution < -0.4 is 5.32 Å². The van der Waals surface area contributed by atoms with Crippen molar-refractivity contribution in [3.8, 4) is 0 Å². The van der Waals surface area contributed by atoms with Crippen molar-refractivity contribution >= 4 is 55.4 Å². The molecule has 2 nitrogen and oxygen atoms in total. The van der Waals surface area contributed by atoms with E-state index in [-0.39, 0.29) is 3.91 Å². The molecule has 1 amide bonds. The lowest BCUT2D eigenvalue weighted by Gasteiger charge is -2.04. The smallest absolute Gasteiger partial charge is 0.285 e. The Hall–Kier alpha value is -0.000000000000000111. The van der Waals surface area contributed by atoms with Gasteiger partial charge in [-0.05, 0) is 12.1 Å². The van der Waals surface area contributed by atoms with Gasteiger partial charge in [0, 0.05) is 22.6 Å². The van der Waals surface area contributed by atoms with E-state index in [2.05, 4.69) is 5.32 Å². The zero-order valence-corrected chi connectivity index (χ0v) is 9.44. The van der Waals surface area contributed by atoms with Gasteiger partial charge in [0.05, 0.1) is 15.7 Å². The van der Waals surface area contributed by atoms with E-state index in [1.807, 2.05) is 0 Å². The average molecular weight is 316 g/mol. The molecule has 0 atom stereocenters. The van der Waals surface area contributed by atoms with E-state index >= 15 is 0 Å². The van der Waals surface area contributed by atoms with Crippen LogP contribution in [-0.4, -0.2) is 3.91 Å². The first-order valence-electron chi connectivity index (χ1n) is 3.02. The second-order valence-electron chi connectivity index (χ2n) is 2.00. The van der Waals surface area contributed by atoms with Crippen molar-refractivity contribution in [3.63, 3.8) is 0 Å². The molecule has 5 heteroatoms. The van der Waals surface area contributed by atoms with Crippen LogP contribution in [-0.2, 0) is 0 Å². The molecule has 1 rings (SSSR count). The van der Waals surface area contributed by atoms with Crippen LogP contribution in [0.25, 0.3) is 0 Å². The van der Waals surface area contributed by atoms with Crippen molar-refractivity contribution in [1.29, 1.82) is 0 Å². The molecule has 0 aliphatic heterocycles. The maximum atomic E-state index is 10.7. The molecule has 0 radical (unpaired) electrons. The summed E-state index contributed by atoms with van der Waals surface area (Å²) in [6, 6.07) is 5.04. The summed E-state index contributed by atoms with van der Waals surface area (Å²) in [7, 11) is 0. The topological polar surface area (TPSA) is 29.1 Å². The number of amides is 1. The Bertz CT molecular complexity index is 296. The van der Waals surface area contributed by atoms with Crippen molar-refractivity contribution in [2.24, 2.45) is 0 Å². The van der Waals surface area contributed by atoms with Crippen molar-refractivity contribution in [1.82, 2.24) is 0 Å². The zero-order valence-electron chi connectivity index (χ0n) is 5.77. The third kappa shape index (κ3) is 2.50. The summed E-state index contributed by atoms with van der Waals surface area (Å²) in [6.45, 7) is 0. The van der Waals surface area contributed by atoms with Gasteiger partial charge in [-0.3, -0.25) is 4.79 Å². The average Bonchev–Trinajstić information content (AvgIpc) is 1.97. The minimum atomic E-state index is -0.220. The number of halogens is 3. The fourth-order valence-corrected chi connectivity index (χ4v) is 1.48. The molecule has 0 bridgehead atoms. The first-order valence-corrected chi connectivity index (χ1v) is 4.85. The third-order valence-electron chi connectivity index (χ3n) is 1.19. The Labute approximate surface area is 93.4 Å². The highest BCUT2D eigenvalue weighted by Gasteiger charge is 2.06. The molecule has 0 aliphatic rings. The number of hydrogen-bond acceptors (Lipinski definition) is 1. The van der Waals surface area contributed by atoms with Crippen LogP contribution in [0, 0.1) is 0 Å². The summed E-state index contributed by atoms with van der Waals surface area (Å²) < 4.78 is -0.220. The lowest BCUT2D eigenvalue weighted by molar-refractivity contribution is 0.272. The SMILES string of the molecule is O=C(I)Nc1c(Cl)cccc1Cl. The Morgan fingerprint density at radius 2 is 1.83 bits per heavy atom. The molecule has 0 spiro atoms. The van der Waals surface area contributed by atoms with Gasteiger partial charge in [0.1, 0.15) is 0 Å². The number of carbonyl (C=O) groups excluding carboxylic acids is 1. The van der Waals surface area contributed by atoms with Gasteiger partial charge in [0.2, 0.25) is 0 Å². The zero-order chi connectivity index (χ0) is 9.14. The standard InChI is InChI=1S/C7H4Cl2INO/c8-4-2-1-3-5(9)6(4)11-7(10)12/h1-3H,(H,11,12). The number of benzene rings is 1. The molecule has 0 aromatic heterocycles. The maximum absolute atomic E-state index is 10.7. The second kappa shape index (κ2) is 4.30. The number of anilines is 1. The fraction of sp³-hybridized carbons (Fsp3) is 0. The highest BCUT2D eigenvalue weighted by Crippen LogP contribution is 2.30. The van der Waals surface area contributed by atoms with E-state index in [9.17, 15) is 4.79 Å². The van der Waals surface area contributed by atoms with Crippen LogP contribution in [0.15, 0.2) is 18.2 Å². The Morgan fingerprint density at radius 3 is 2.25 bits per heavy atom. The van der Waals surface area contributed by atoms with Crippen LogP contribution in [0.3, 0.4) is 0 Å².